The highest BCUT2D eigenvalue weighted by Crippen LogP contribution is 2.41. The van der Waals surface area contributed by atoms with Crippen LogP contribution in [0.2, 0.25) is 0 Å². The summed E-state index contributed by atoms with van der Waals surface area (Å²) in [4.78, 5) is 12.4. The zero-order valence-electron chi connectivity index (χ0n) is 11.9. The van der Waals surface area contributed by atoms with Gasteiger partial charge in [0.05, 0.1) is 18.7 Å². The molecule has 0 radical (unpaired) electrons. The Hall–Kier alpha value is -1.55. The van der Waals surface area contributed by atoms with E-state index in [9.17, 15) is 4.79 Å². The van der Waals surface area contributed by atoms with Gasteiger partial charge >= 0.3 is 0 Å². The number of methoxy groups -OCH3 is 1. The lowest BCUT2D eigenvalue weighted by molar-refractivity contribution is -0.126. The minimum absolute atomic E-state index is 0.00859. The summed E-state index contributed by atoms with van der Waals surface area (Å²) < 4.78 is 5.20. The Bertz CT molecular complexity index is 474. The van der Waals surface area contributed by atoms with Crippen LogP contribution in [0, 0.1) is 0 Å². The Labute approximate surface area is 119 Å². The van der Waals surface area contributed by atoms with Crippen molar-refractivity contribution in [2.45, 2.75) is 43.7 Å². The van der Waals surface area contributed by atoms with Crippen molar-refractivity contribution in [1.29, 1.82) is 0 Å². The lowest BCUT2D eigenvalue weighted by Gasteiger charge is -2.43. The molecule has 1 aliphatic carbocycles. The third-order valence-corrected chi connectivity index (χ3v) is 4.59. The fraction of sp³-hybridized carbons (Fsp3) is 0.562. The van der Waals surface area contributed by atoms with Crippen molar-refractivity contribution in [2.75, 3.05) is 13.7 Å². The first kappa shape index (κ1) is 13.4. The summed E-state index contributed by atoms with van der Waals surface area (Å²) in [6.45, 7) is 0.952. The van der Waals surface area contributed by atoms with Gasteiger partial charge in [-0.15, -0.1) is 0 Å². The van der Waals surface area contributed by atoms with Gasteiger partial charge < -0.3 is 15.4 Å². The SMILES string of the molecule is COc1ccc(C2(NC(=O)C3CCCN3)CCC2)cc1. The number of hydrogen-bond acceptors (Lipinski definition) is 3. The first-order chi connectivity index (χ1) is 9.73. The molecule has 1 aromatic carbocycles. The van der Waals surface area contributed by atoms with Crippen molar-refractivity contribution >= 4 is 5.91 Å². The second-order valence-electron chi connectivity index (χ2n) is 5.80. The van der Waals surface area contributed by atoms with E-state index in [1.807, 2.05) is 12.1 Å². The highest BCUT2D eigenvalue weighted by atomic mass is 16.5. The summed E-state index contributed by atoms with van der Waals surface area (Å²) in [6, 6.07) is 8.07. The Morgan fingerprint density at radius 3 is 2.55 bits per heavy atom. The van der Waals surface area contributed by atoms with Crippen LogP contribution in [0.4, 0.5) is 0 Å². The molecule has 1 heterocycles. The van der Waals surface area contributed by atoms with Crippen molar-refractivity contribution in [2.24, 2.45) is 0 Å². The van der Waals surface area contributed by atoms with Gasteiger partial charge in [0, 0.05) is 0 Å². The van der Waals surface area contributed by atoms with Crippen LogP contribution in [0.15, 0.2) is 24.3 Å². The van der Waals surface area contributed by atoms with Gasteiger partial charge in [0.15, 0.2) is 0 Å². The predicted octanol–water partition coefficient (Wildman–Crippen LogP) is 1.94. The summed E-state index contributed by atoms with van der Waals surface area (Å²) in [5, 5.41) is 6.55. The van der Waals surface area contributed by atoms with Gasteiger partial charge in [0.2, 0.25) is 5.91 Å². The van der Waals surface area contributed by atoms with Crippen LogP contribution in [0.25, 0.3) is 0 Å². The number of amides is 1. The highest BCUT2D eigenvalue weighted by Gasteiger charge is 2.41. The molecule has 1 saturated heterocycles. The molecule has 4 nitrogen and oxygen atoms in total. The fourth-order valence-corrected chi connectivity index (χ4v) is 3.16. The quantitative estimate of drug-likeness (QED) is 0.882. The van der Waals surface area contributed by atoms with Crippen LogP contribution in [0.3, 0.4) is 0 Å². The van der Waals surface area contributed by atoms with Gasteiger partial charge in [-0.25, -0.2) is 0 Å². The number of carbonyl (C=O) groups excluding carboxylic acids is 1. The topological polar surface area (TPSA) is 50.4 Å². The molecule has 3 rings (SSSR count). The molecule has 1 amide bonds. The fourth-order valence-electron chi connectivity index (χ4n) is 3.16. The van der Waals surface area contributed by atoms with Gasteiger partial charge in [-0.3, -0.25) is 4.79 Å². The van der Waals surface area contributed by atoms with Gasteiger partial charge in [-0.1, -0.05) is 12.1 Å². The number of benzene rings is 1. The lowest BCUT2D eigenvalue weighted by Crippen LogP contribution is -2.55. The van der Waals surface area contributed by atoms with Crippen molar-refractivity contribution in [3.05, 3.63) is 29.8 Å². The molecular formula is C16H22N2O2. The molecular weight excluding hydrogens is 252 g/mol. The molecule has 108 valence electrons. The van der Waals surface area contributed by atoms with E-state index in [0.29, 0.717) is 0 Å². The van der Waals surface area contributed by atoms with Crippen molar-refractivity contribution < 1.29 is 9.53 Å². The van der Waals surface area contributed by atoms with Crippen LogP contribution < -0.4 is 15.4 Å². The zero-order chi connectivity index (χ0) is 14.0. The van der Waals surface area contributed by atoms with E-state index in [-0.39, 0.29) is 17.5 Å². The molecule has 2 fully saturated rings. The van der Waals surface area contributed by atoms with E-state index in [0.717, 1.165) is 38.0 Å². The predicted molar refractivity (Wildman–Crippen MR) is 77.7 cm³/mol. The van der Waals surface area contributed by atoms with Gasteiger partial charge in [-0.2, -0.15) is 0 Å². The van der Waals surface area contributed by atoms with E-state index in [2.05, 4.69) is 22.8 Å². The second kappa shape index (κ2) is 5.44. The van der Waals surface area contributed by atoms with E-state index in [1.165, 1.54) is 12.0 Å². The van der Waals surface area contributed by atoms with Crippen LogP contribution in [0.5, 0.6) is 5.75 Å². The van der Waals surface area contributed by atoms with Crippen molar-refractivity contribution in [1.82, 2.24) is 10.6 Å². The number of ether oxygens (including phenoxy) is 1. The average Bonchev–Trinajstić information content (AvgIpc) is 2.97. The smallest absolute Gasteiger partial charge is 0.237 e. The Morgan fingerprint density at radius 2 is 2.05 bits per heavy atom. The van der Waals surface area contributed by atoms with Crippen LogP contribution in [0.1, 0.15) is 37.7 Å². The number of hydrogen-bond donors (Lipinski definition) is 2. The van der Waals surface area contributed by atoms with E-state index < -0.39 is 0 Å². The van der Waals surface area contributed by atoms with Crippen molar-refractivity contribution in [3.8, 4) is 5.75 Å². The number of nitrogens with one attached hydrogen (secondary N) is 2. The molecule has 2 N–H and O–H groups in total. The van der Waals surface area contributed by atoms with Crippen LogP contribution in [-0.4, -0.2) is 25.6 Å². The van der Waals surface area contributed by atoms with Crippen LogP contribution >= 0.6 is 0 Å². The summed E-state index contributed by atoms with van der Waals surface area (Å²) in [5.41, 5.74) is 1.03. The van der Waals surface area contributed by atoms with Gasteiger partial charge in [0.25, 0.3) is 0 Å². The third-order valence-electron chi connectivity index (χ3n) is 4.59. The van der Waals surface area contributed by atoms with Gasteiger partial charge in [0.1, 0.15) is 5.75 Å². The molecule has 0 bridgehead atoms. The maximum absolute atomic E-state index is 12.4. The Kier molecular flexibility index (Phi) is 3.66. The molecule has 0 aromatic heterocycles. The summed E-state index contributed by atoms with van der Waals surface area (Å²) in [7, 11) is 1.67. The highest BCUT2D eigenvalue weighted by molar-refractivity contribution is 5.83. The normalized spacial score (nSPS) is 23.9. The molecule has 1 atom stereocenters. The second-order valence-corrected chi connectivity index (χ2v) is 5.80. The third kappa shape index (κ3) is 2.40. The molecule has 1 aliphatic heterocycles. The first-order valence-corrected chi connectivity index (χ1v) is 7.43. The molecule has 2 aliphatic rings. The summed E-state index contributed by atoms with van der Waals surface area (Å²) >= 11 is 0. The van der Waals surface area contributed by atoms with E-state index in [4.69, 9.17) is 4.74 Å². The number of carbonyl (C=O) groups is 1. The maximum atomic E-state index is 12.4. The minimum Gasteiger partial charge on any atom is -0.497 e. The monoisotopic (exact) mass is 274 g/mol. The molecule has 0 spiro atoms. The molecule has 20 heavy (non-hydrogen) atoms. The van der Waals surface area contributed by atoms with Gasteiger partial charge in [-0.05, 0) is 56.3 Å². The lowest BCUT2D eigenvalue weighted by atomic mass is 9.71. The van der Waals surface area contributed by atoms with E-state index in [1.54, 1.807) is 7.11 Å². The van der Waals surface area contributed by atoms with Crippen LogP contribution in [-0.2, 0) is 10.3 Å². The Balaban J connectivity index is 1.74. The summed E-state index contributed by atoms with van der Waals surface area (Å²) in [6.07, 6.45) is 5.26. The standard InChI is InChI=1S/C16H22N2O2/c1-20-13-7-5-12(6-8-13)16(9-3-10-16)18-15(19)14-4-2-11-17-14/h5-8,14,17H,2-4,9-11H2,1H3,(H,18,19). The van der Waals surface area contributed by atoms with Crippen molar-refractivity contribution in [3.63, 3.8) is 0 Å². The first-order valence-electron chi connectivity index (χ1n) is 7.43. The molecule has 1 unspecified atom stereocenters. The number of rotatable bonds is 4. The largest absolute Gasteiger partial charge is 0.497 e. The summed E-state index contributed by atoms with van der Waals surface area (Å²) in [5.74, 6) is 1.00. The molecule has 4 heteroatoms. The molecule has 1 saturated carbocycles. The Morgan fingerprint density at radius 1 is 1.30 bits per heavy atom. The maximum Gasteiger partial charge on any atom is 0.237 e. The zero-order valence-corrected chi connectivity index (χ0v) is 11.9. The minimum atomic E-state index is -0.159. The van der Waals surface area contributed by atoms with E-state index >= 15 is 0 Å². The average molecular weight is 274 g/mol. The molecule has 1 aromatic rings.